The zero-order valence-corrected chi connectivity index (χ0v) is 14.5. The molecule has 0 aliphatic carbocycles. The summed E-state index contributed by atoms with van der Waals surface area (Å²) in [5.41, 5.74) is 1.19. The predicted octanol–water partition coefficient (Wildman–Crippen LogP) is 2.23. The highest BCUT2D eigenvalue weighted by molar-refractivity contribution is 6.05. The number of nitrogens with zero attached hydrogens (tertiary/aromatic N) is 5. The topological polar surface area (TPSA) is 73.1 Å². The molecule has 7 nitrogen and oxygen atoms in total. The van der Waals surface area contributed by atoms with Crippen molar-refractivity contribution < 1.29 is 9.53 Å². The van der Waals surface area contributed by atoms with E-state index in [1.165, 1.54) is 6.08 Å². The molecule has 0 radical (unpaired) electrons. The van der Waals surface area contributed by atoms with Gasteiger partial charge in [-0.05, 0) is 43.7 Å². The summed E-state index contributed by atoms with van der Waals surface area (Å²) in [6, 6.07) is 4.00. The third-order valence-electron chi connectivity index (χ3n) is 3.51. The summed E-state index contributed by atoms with van der Waals surface area (Å²) in [5, 5.41) is 7.82. The number of ether oxygens (including phenoxy) is 1. The Kier molecular flexibility index (Phi) is 6.20. The van der Waals surface area contributed by atoms with Gasteiger partial charge in [0.25, 0.3) is 0 Å². The highest BCUT2D eigenvalue weighted by Crippen LogP contribution is 2.11. The van der Waals surface area contributed by atoms with Gasteiger partial charge >= 0.3 is 0 Å². The number of pyridine rings is 1. The summed E-state index contributed by atoms with van der Waals surface area (Å²) in [6.07, 6.45) is 6.60. The molecule has 128 valence electrons. The van der Waals surface area contributed by atoms with Crippen LogP contribution in [-0.4, -0.2) is 53.1 Å². The van der Waals surface area contributed by atoms with Crippen molar-refractivity contribution >= 4 is 17.7 Å². The largest absolute Gasteiger partial charge is 0.383 e. The zero-order chi connectivity index (χ0) is 17.5. The molecule has 2 heterocycles. The Bertz CT molecular complexity index is 691. The number of likely N-dealkylation sites (N-methyl/N-ethyl adjacent to an activating group) is 1. The number of anilines is 1. The van der Waals surface area contributed by atoms with Crippen LogP contribution < -0.4 is 4.90 Å². The lowest BCUT2D eigenvalue weighted by Gasteiger charge is -2.17. The van der Waals surface area contributed by atoms with Crippen LogP contribution in [0.5, 0.6) is 0 Å². The molecule has 0 amide bonds. The molecule has 0 atom stereocenters. The molecule has 0 N–H and O–H groups in total. The van der Waals surface area contributed by atoms with Crippen LogP contribution in [0.15, 0.2) is 30.6 Å². The SMILES string of the molecule is COCCN(C)c1ccc(/C=C/C(=O)c2cn(C(C)C)nn2)cn1. The molecule has 24 heavy (non-hydrogen) atoms. The van der Waals surface area contributed by atoms with Crippen molar-refractivity contribution in [3.8, 4) is 0 Å². The molecular weight excluding hydrogens is 306 g/mol. The fraction of sp³-hybridized carbons (Fsp3) is 0.412. The molecule has 0 fully saturated rings. The monoisotopic (exact) mass is 329 g/mol. The molecule has 2 rings (SSSR count). The maximum Gasteiger partial charge on any atom is 0.207 e. The van der Waals surface area contributed by atoms with Gasteiger partial charge in [-0.25, -0.2) is 9.67 Å². The van der Waals surface area contributed by atoms with Gasteiger partial charge in [-0.15, -0.1) is 5.10 Å². The van der Waals surface area contributed by atoms with E-state index >= 15 is 0 Å². The van der Waals surface area contributed by atoms with E-state index in [0.29, 0.717) is 12.3 Å². The van der Waals surface area contributed by atoms with Gasteiger partial charge in [-0.2, -0.15) is 0 Å². The van der Waals surface area contributed by atoms with Crippen molar-refractivity contribution in [2.75, 3.05) is 32.2 Å². The Hall–Kier alpha value is -2.54. The Balaban J connectivity index is 1.99. The highest BCUT2D eigenvalue weighted by atomic mass is 16.5. The predicted molar refractivity (Wildman–Crippen MR) is 93.2 cm³/mol. The third-order valence-corrected chi connectivity index (χ3v) is 3.51. The smallest absolute Gasteiger partial charge is 0.207 e. The second-order valence-corrected chi connectivity index (χ2v) is 5.74. The van der Waals surface area contributed by atoms with Crippen molar-refractivity contribution in [2.24, 2.45) is 0 Å². The van der Waals surface area contributed by atoms with E-state index in [2.05, 4.69) is 15.3 Å². The van der Waals surface area contributed by atoms with Crippen molar-refractivity contribution in [2.45, 2.75) is 19.9 Å². The lowest BCUT2D eigenvalue weighted by atomic mass is 10.2. The average Bonchev–Trinajstić information content (AvgIpc) is 3.08. The van der Waals surface area contributed by atoms with Crippen LogP contribution in [0.25, 0.3) is 6.08 Å². The van der Waals surface area contributed by atoms with Crippen LogP contribution >= 0.6 is 0 Å². The van der Waals surface area contributed by atoms with Gasteiger partial charge < -0.3 is 9.64 Å². The van der Waals surface area contributed by atoms with E-state index in [4.69, 9.17) is 4.74 Å². The first-order valence-corrected chi connectivity index (χ1v) is 7.81. The van der Waals surface area contributed by atoms with E-state index in [9.17, 15) is 4.79 Å². The Labute approximate surface area is 141 Å². The molecule has 0 aliphatic heterocycles. The van der Waals surface area contributed by atoms with Crippen LogP contribution in [0.1, 0.15) is 35.9 Å². The molecule has 2 aromatic heterocycles. The second-order valence-electron chi connectivity index (χ2n) is 5.74. The van der Waals surface area contributed by atoms with E-state index in [1.807, 2.05) is 37.9 Å². The second kappa shape index (κ2) is 8.35. The molecule has 7 heteroatoms. The molecule has 0 unspecified atom stereocenters. The summed E-state index contributed by atoms with van der Waals surface area (Å²) < 4.78 is 6.71. The Morgan fingerprint density at radius 3 is 2.79 bits per heavy atom. The quantitative estimate of drug-likeness (QED) is 0.546. The van der Waals surface area contributed by atoms with Crippen LogP contribution in [0.4, 0.5) is 5.82 Å². The lowest BCUT2D eigenvalue weighted by Crippen LogP contribution is -2.22. The van der Waals surface area contributed by atoms with Gasteiger partial charge in [0.05, 0.1) is 12.8 Å². The van der Waals surface area contributed by atoms with Crippen molar-refractivity contribution in [1.29, 1.82) is 0 Å². The molecule has 0 spiro atoms. The first-order chi connectivity index (χ1) is 11.5. The van der Waals surface area contributed by atoms with Gasteiger partial charge in [-0.1, -0.05) is 5.21 Å². The van der Waals surface area contributed by atoms with E-state index < -0.39 is 0 Å². The number of rotatable bonds is 8. The molecule has 0 bridgehead atoms. The minimum Gasteiger partial charge on any atom is -0.383 e. The van der Waals surface area contributed by atoms with E-state index in [1.54, 1.807) is 30.3 Å². The molecular formula is C17H23N5O2. The van der Waals surface area contributed by atoms with Crippen LogP contribution in [0.2, 0.25) is 0 Å². The maximum atomic E-state index is 12.1. The highest BCUT2D eigenvalue weighted by Gasteiger charge is 2.09. The lowest BCUT2D eigenvalue weighted by molar-refractivity contribution is 0.104. The number of carbonyl (C=O) groups excluding carboxylic acids is 1. The van der Waals surface area contributed by atoms with Crippen molar-refractivity contribution in [1.82, 2.24) is 20.0 Å². The summed E-state index contributed by atoms with van der Waals surface area (Å²) in [7, 11) is 3.63. The Morgan fingerprint density at radius 1 is 1.42 bits per heavy atom. The number of hydrogen-bond acceptors (Lipinski definition) is 6. The first-order valence-electron chi connectivity index (χ1n) is 7.81. The van der Waals surface area contributed by atoms with E-state index in [0.717, 1.165) is 17.9 Å². The van der Waals surface area contributed by atoms with Gasteiger partial charge in [0.15, 0.2) is 5.69 Å². The Morgan fingerprint density at radius 2 is 2.21 bits per heavy atom. The molecule has 0 aliphatic rings. The zero-order valence-electron chi connectivity index (χ0n) is 14.5. The number of methoxy groups -OCH3 is 1. The molecule has 0 aromatic carbocycles. The number of allylic oxidation sites excluding steroid dienone is 1. The standard InChI is InChI=1S/C17H23N5O2/c1-13(2)22-12-15(19-20-22)16(23)7-5-14-6-8-17(18-11-14)21(3)9-10-24-4/h5-8,11-13H,9-10H2,1-4H3/b7-5+. The van der Waals surface area contributed by atoms with Crippen LogP contribution in [0, 0.1) is 0 Å². The fourth-order valence-corrected chi connectivity index (χ4v) is 1.96. The normalized spacial score (nSPS) is 11.4. The third kappa shape index (κ3) is 4.73. The van der Waals surface area contributed by atoms with E-state index in [-0.39, 0.29) is 11.8 Å². The van der Waals surface area contributed by atoms with Gasteiger partial charge in [0.1, 0.15) is 5.82 Å². The first kappa shape index (κ1) is 17.8. The molecule has 2 aromatic rings. The summed E-state index contributed by atoms with van der Waals surface area (Å²) in [4.78, 5) is 18.5. The number of carbonyl (C=O) groups is 1. The van der Waals surface area contributed by atoms with Crippen molar-refractivity contribution in [3.05, 3.63) is 41.9 Å². The van der Waals surface area contributed by atoms with Gasteiger partial charge in [-0.3, -0.25) is 4.79 Å². The molecule has 0 saturated carbocycles. The summed E-state index contributed by atoms with van der Waals surface area (Å²) >= 11 is 0. The average molecular weight is 329 g/mol. The number of ketones is 1. The molecule has 0 saturated heterocycles. The minimum absolute atomic E-state index is 0.176. The summed E-state index contributed by atoms with van der Waals surface area (Å²) in [5.74, 6) is 0.679. The fourth-order valence-electron chi connectivity index (χ4n) is 1.96. The maximum absolute atomic E-state index is 12.1. The minimum atomic E-state index is -0.178. The van der Waals surface area contributed by atoms with Gasteiger partial charge in [0.2, 0.25) is 5.78 Å². The van der Waals surface area contributed by atoms with Crippen LogP contribution in [0.3, 0.4) is 0 Å². The summed E-state index contributed by atoms with van der Waals surface area (Å²) in [6.45, 7) is 5.37. The number of hydrogen-bond donors (Lipinski definition) is 0. The van der Waals surface area contributed by atoms with Crippen LogP contribution in [-0.2, 0) is 4.74 Å². The van der Waals surface area contributed by atoms with Crippen molar-refractivity contribution in [3.63, 3.8) is 0 Å². The number of aromatic nitrogens is 4. The van der Waals surface area contributed by atoms with Gasteiger partial charge in [0, 0.05) is 32.9 Å².